The van der Waals surface area contributed by atoms with Gasteiger partial charge in [0.2, 0.25) is 0 Å². The van der Waals surface area contributed by atoms with E-state index in [1.165, 1.54) is 6.26 Å². The molecular formula is C14H22N2O3S. The third kappa shape index (κ3) is 3.24. The molecule has 1 fully saturated rings. The Labute approximate surface area is 120 Å². The van der Waals surface area contributed by atoms with Crippen molar-refractivity contribution in [1.29, 1.82) is 0 Å². The maximum atomic E-state index is 11.7. The predicted octanol–water partition coefficient (Wildman–Crippen LogP) is 1.68. The van der Waals surface area contributed by atoms with Crippen LogP contribution < -0.4 is 10.6 Å². The van der Waals surface area contributed by atoms with Gasteiger partial charge in [0.05, 0.1) is 22.4 Å². The molecule has 6 heteroatoms. The van der Waals surface area contributed by atoms with Crippen LogP contribution in [0.3, 0.4) is 0 Å². The minimum atomic E-state index is -3.31. The summed E-state index contributed by atoms with van der Waals surface area (Å²) in [5.41, 5.74) is 7.16. The van der Waals surface area contributed by atoms with Crippen LogP contribution in [-0.4, -0.2) is 40.5 Å². The summed E-state index contributed by atoms with van der Waals surface area (Å²) in [5, 5.41) is 0. The van der Waals surface area contributed by atoms with E-state index < -0.39 is 9.84 Å². The molecule has 1 aliphatic rings. The molecule has 1 aliphatic heterocycles. The quantitative estimate of drug-likeness (QED) is 0.837. The summed E-state index contributed by atoms with van der Waals surface area (Å²) in [6, 6.07) is 5.15. The van der Waals surface area contributed by atoms with Crippen molar-refractivity contribution in [2.24, 2.45) is 0 Å². The maximum absolute atomic E-state index is 11.7. The van der Waals surface area contributed by atoms with Crippen LogP contribution in [0.25, 0.3) is 0 Å². The predicted molar refractivity (Wildman–Crippen MR) is 80.8 cm³/mol. The molecule has 0 spiro atoms. The lowest BCUT2D eigenvalue weighted by Gasteiger charge is -2.27. The van der Waals surface area contributed by atoms with Gasteiger partial charge in [0.1, 0.15) is 0 Å². The average molecular weight is 298 g/mol. The van der Waals surface area contributed by atoms with Gasteiger partial charge in [-0.05, 0) is 31.9 Å². The van der Waals surface area contributed by atoms with Gasteiger partial charge in [0.25, 0.3) is 0 Å². The molecule has 0 aliphatic carbocycles. The lowest BCUT2D eigenvalue weighted by atomic mass is 10.2. The Bertz CT molecular complexity index is 566. The highest BCUT2D eigenvalue weighted by Crippen LogP contribution is 2.30. The summed E-state index contributed by atoms with van der Waals surface area (Å²) in [5.74, 6) is 0. The first-order chi connectivity index (χ1) is 9.43. The van der Waals surface area contributed by atoms with Crippen molar-refractivity contribution in [2.45, 2.75) is 30.8 Å². The number of likely N-dealkylation sites (N-methyl/N-ethyl adjacent to an activating group) is 1. The van der Waals surface area contributed by atoms with E-state index in [1.807, 2.05) is 13.0 Å². The van der Waals surface area contributed by atoms with Crippen LogP contribution in [0.5, 0.6) is 0 Å². The van der Waals surface area contributed by atoms with E-state index in [-0.39, 0.29) is 11.0 Å². The Kier molecular flexibility index (Phi) is 4.55. The van der Waals surface area contributed by atoms with Crippen LogP contribution in [0, 0.1) is 0 Å². The van der Waals surface area contributed by atoms with Gasteiger partial charge in [0, 0.05) is 26.0 Å². The molecule has 0 bridgehead atoms. The first-order valence-electron chi connectivity index (χ1n) is 6.88. The van der Waals surface area contributed by atoms with Crippen LogP contribution in [0.4, 0.5) is 11.4 Å². The number of sulfone groups is 1. The molecule has 0 radical (unpaired) electrons. The molecule has 0 aromatic heterocycles. The highest BCUT2D eigenvalue weighted by Gasteiger charge is 2.22. The normalized spacial score (nSPS) is 19.2. The minimum absolute atomic E-state index is 0.195. The molecule has 1 aromatic rings. The number of nitrogen functional groups attached to an aromatic ring is 1. The minimum Gasteiger partial charge on any atom is -0.396 e. The number of ether oxygens (including phenoxy) is 1. The number of rotatable bonds is 5. The van der Waals surface area contributed by atoms with Gasteiger partial charge in [-0.25, -0.2) is 8.42 Å². The number of hydrogen-bond donors (Lipinski definition) is 1. The van der Waals surface area contributed by atoms with Crippen LogP contribution in [-0.2, 0) is 14.6 Å². The summed E-state index contributed by atoms with van der Waals surface area (Å²) in [4.78, 5) is 2.28. The second-order valence-electron chi connectivity index (χ2n) is 5.13. The third-order valence-electron chi connectivity index (χ3n) is 3.61. The van der Waals surface area contributed by atoms with Crippen LogP contribution >= 0.6 is 0 Å². The molecule has 20 heavy (non-hydrogen) atoms. The number of para-hydroxylation sites is 1. The Morgan fingerprint density at radius 3 is 2.75 bits per heavy atom. The Balaban J connectivity index is 2.29. The van der Waals surface area contributed by atoms with Crippen molar-refractivity contribution in [2.75, 3.05) is 36.6 Å². The van der Waals surface area contributed by atoms with Crippen molar-refractivity contribution < 1.29 is 13.2 Å². The van der Waals surface area contributed by atoms with E-state index >= 15 is 0 Å². The molecule has 112 valence electrons. The number of hydrogen-bond acceptors (Lipinski definition) is 5. The van der Waals surface area contributed by atoms with E-state index in [2.05, 4.69) is 4.90 Å². The molecule has 1 saturated heterocycles. The zero-order chi connectivity index (χ0) is 14.8. The summed E-state index contributed by atoms with van der Waals surface area (Å²) in [6.45, 7) is 4.34. The van der Waals surface area contributed by atoms with Crippen molar-refractivity contribution in [3.63, 3.8) is 0 Å². The molecule has 2 rings (SSSR count). The highest BCUT2D eigenvalue weighted by molar-refractivity contribution is 7.90. The lowest BCUT2D eigenvalue weighted by Crippen LogP contribution is -2.32. The number of nitrogens with two attached hydrogens (primary N) is 1. The van der Waals surface area contributed by atoms with E-state index in [0.29, 0.717) is 5.69 Å². The number of benzene rings is 1. The molecule has 1 aromatic carbocycles. The molecule has 1 atom stereocenters. The summed E-state index contributed by atoms with van der Waals surface area (Å²) in [7, 11) is -3.31. The van der Waals surface area contributed by atoms with Gasteiger partial charge in [-0.2, -0.15) is 0 Å². The first-order valence-corrected chi connectivity index (χ1v) is 8.77. The summed E-state index contributed by atoms with van der Waals surface area (Å²) in [6.07, 6.45) is 3.51. The fourth-order valence-electron chi connectivity index (χ4n) is 2.56. The van der Waals surface area contributed by atoms with Crippen molar-refractivity contribution in [3.8, 4) is 0 Å². The van der Waals surface area contributed by atoms with Crippen LogP contribution in [0.1, 0.15) is 19.8 Å². The van der Waals surface area contributed by atoms with Gasteiger partial charge in [-0.3, -0.25) is 0 Å². The number of anilines is 2. The Morgan fingerprint density at radius 2 is 2.20 bits per heavy atom. The molecule has 0 saturated carbocycles. The Morgan fingerprint density at radius 1 is 1.45 bits per heavy atom. The van der Waals surface area contributed by atoms with Gasteiger partial charge in [0.15, 0.2) is 9.84 Å². The zero-order valence-corrected chi connectivity index (χ0v) is 12.8. The van der Waals surface area contributed by atoms with Crippen molar-refractivity contribution in [3.05, 3.63) is 18.2 Å². The highest BCUT2D eigenvalue weighted by atomic mass is 32.2. The fourth-order valence-corrected chi connectivity index (χ4v) is 3.39. The second kappa shape index (κ2) is 6.01. The average Bonchev–Trinajstić information content (AvgIpc) is 2.88. The third-order valence-corrected chi connectivity index (χ3v) is 4.77. The van der Waals surface area contributed by atoms with E-state index in [0.717, 1.165) is 38.2 Å². The zero-order valence-electron chi connectivity index (χ0n) is 12.0. The topological polar surface area (TPSA) is 72.6 Å². The summed E-state index contributed by atoms with van der Waals surface area (Å²) >= 11 is 0. The first kappa shape index (κ1) is 15.1. The van der Waals surface area contributed by atoms with Gasteiger partial charge >= 0.3 is 0 Å². The van der Waals surface area contributed by atoms with Gasteiger partial charge in [-0.15, -0.1) is 0 Å². The van der Waals surface area contributed by atoms with Gasteiger partial charge in [-0.1, -0.05) is 6.07 Å². The summed E-state index contributed by atoms with van der Waals surface area (Å²) < 4.78 is 29.1. The second-order valence-corrected chi connectivity index (χ2v) is 7.12. The molecule has 1 unspecified atom stereocenters. The van der Waals surface area contributed by atoms with E-state index in [4.69, 9.17) is 10.5 Å². The fraction of sp³-hybridized carbons (Fsp3) is 0.571. The van der Waals surface area contributed by atoms with Crippen molar-refractivity contribution in [1.82, 2.24) is 0 Å². The largest absolute Gasteiger partial charge is 0.396 e. The monoisotopic (exact) mass is 298 g/mol. The molecule has 1 heterocycles. The molecule has 2 N–H and O–H groups in total. The standard InChI is InChI=1S/C14H22N2O3S/c1-3-16(10-11-6-5-9-19-11)12-7-4-8-13(14(12)15)20(2,17)18/h4,7-8,11H,3,5-6,9-10,15H2,1-2H3. The lowest BCUT2D eigenvalue weighted by molar-refractivity contribution is 0.116. The van der Waals surface area contributed by atoms with Crippen LogP contribution in [0.2, 0.25) is 0 Å². The SMILES string of the molecule is CCN(CC1CCCO1)c1cccc(S(C)(=O)=O)c1N. The molecular weight excluding hydrogens is 276 g/mol. The van der Waals surface area contributed by atoms with Gasteiger partial charge < -0.3 is 15.4 Å². The van der Waals surface area contributed by atoms with E-state index in [9.17, 15) is 8.42 Å². The number of nitrogens with zero attached hydrogens (tertiary/aromatic N) is 1. The van der Waals surface area contributed by atoms with E-state index in [1.54, 1.807) is 12.1 Å². The smallest absolute Gasteiger partial charge is 0.177 e. The van der Waals surface area contributed by atoms with Crippen LogP contribution in [0.15, 0.2) is 23.1 Å². The van der Waals surface area contributed by atoms with Crippen molar-refractivity contribution >= 4 is 21.2 Å². The maximum Gasteiger partial charge on any atom is 0.177 e. The Hall–Kier alpha value is -1.27. The molecule has 5 nitrogen and oxygen atoms in total. The molecule has 0 amide bonds.